The van der Waals surface area contributed by atoms with E-state index in [4.69, 9.17) is 0 Å². The van der Waals surface area contributed by atoms with Crippen LogP contribution in [0.4, 0.5) is 0 Å². The van der Waals surface area contributed by atoms with Crippen molar-refractivity contribution >= 4 is 0 Å². The highest BCUT2D eigenvalue weighted by Gasteiger charge is 2.13. The molecule has 4 aromatic carbocycles. The molecule has 0 unspecified atom stereocenters. The summed E-state index contributed by atoms with van der Waals surface area (Å²) in [5.74, 6) is 0. The van der Waals surface area contributed by atoms with E-state index < -0.39 is 0 Å². The Kier molecular flexibility index (Phi) is 4.56. The van der Waals surface area contributed by atoms with E-state index in [1.54, 1.807) is 0 Å². The maximum absolute atomic E-state index is 2.34. The number of hydrogen-bond acceptors (Lipinski definition) is 0. The quantitative estimate of drug-likeness (QED) is 0.309. The molecule has 0 radical (unpaired) electrons. The van der Waals surface area contributed by atoms with Gasteiger partial charge in [-0.2, -0.15) is 0 Å². The summed E-state index contributed by atoms with van der Waals surface area (Å²) < 4.78 is 2.34. The van der Waals surface area contributed by atoms with Gasteiger partial charge in [-0.25, -0.2) is 0 Å². The lowest BCUT2D eigenvalue weighted by Crippen LogP contribution is -1.99. The van der Waals surface area contributed by atoms with Crippen LogP contribution in [0.5, 0.6) is 0 Å². The van der Waals surface area contributed by atoms with Crippen LogP contribution in [0.2, 0.25) is 0 Å². The van der Waals surface area contributed by atoms with Crippen LogP contribution in [0.1, 0.15) is 0 Å². The number of benzene rings is 4. The molecule has 0 amide bonds. The summed E-state index contributed by atoms with van der Waals surface area (Å²) in [6, 6.07) is 44.9. The Hall–Kier alpha value is -3.84. The molecule has 1 heteroatoms. The van der Waals surface area contributed by atoms with E-state index >= 15 is 0 Å². The van der Waals surface area contributed by atoms with E-state index in [9.17, 15) is 0 Å². The molecule has 0 fully saturated rings. The Labute approximate surface area is 171 Å². The highest BCUT2D eigenvalue weighted by atomic mass is 15.0. The highest BCUT2D eigenvalue weighted by molar-refractivity contribution is 5.75. The molecule has 0 atom stereocenters. The standard InChI is InChI=1S/C28H21N/c1-4-10-22(11-5-1)23-16-18-25(19-17-23)28-21-20-27(24-12-6-2-7-13-24)29(28)26-14-8-3-9-15-26/h1-21H. The summed E-state index contributed by atoms with van der Waals surface area (Å²) in [4.78, 5) is 0. The number of para-hydroxylation sites is 1. The van der Waals surface area contributed by atoms with Crippen LogP contribution < -0.4 is 0 Å². The Morgan fingerprint density at radius 2 is 0.690 bits per heavy atom. The predicted octanol–water partition coefficient (Wildman–Crippen LogP) is 7.48. The summed E-state index contributed by atoms with van der Waals surface area (Å²) in [6.07, 6.45) is 0. The zero-order valence-corrected chi connectivity index (χ0v) is 16.1. The van der Waals surface area contributed by atoms with Crippen LogP contribution >= 0.6 is 0 Å². The third-order valence-electron chi connectivity index (χ3n) is 5.25. The van der Waals surface area contributed by atoms with Gasteiger partial charge in [-0.1, -0.05) is 103 Å². The predicted molar refractivity (Wildman–Crippen MR) is 122 cm³/mol. The summed E-state index contributed by atoms with van der Waals surface area (Å²) in [6.45, 7) is 0. The molecule has 1 heterocycles. The molecule has 5 rings (SSSR count). The second kappa shape index (κ2) is 7.65. The SMILES string of the molecule is c1ccc(-c2ccc(-c3ccc(-c4ccccc4)n3-c3ccccc3)cc2)cc1. The third-order valence-corrected chi connectivity index (χ3v) is 5.25. The molecular formula is C28H21N. The van der Waals surface area contributed by atoms with Gasteiger partial charge >= 0.3 is 0 Å². The molecule has 0 aliphatic heterocycles. The molecule has 0 bridgehead atoms. The van der Waals surface area contributed by atoms with E-state index in [-0.39, 0.29) is 0 Å². The molecule has 0 saturated carbocycles. The van der Waals surface area contributed by atoms with Crippen molar-refractivity contribution in [2.45, 2.75) is 0 Å². The van der Waals surface area contributed by atoms with Crippen molar-refractivity contribution in [1.29, 1.82) is 0 Å². The molecule has 1 aromatic heterocycles. The van der Waals surface area contributed by atoms with Crippen LogP contribution in [0, 0.1) is 0 Å². The fourth-order valence-corrected chi connectivity index (χ4v) is 3.82. The van der Waals surface area contributed by atoms with Crippen molar-refractivity contribution in [3.05, 3.63) is 127 Å². The fraction of sp³-hybridized carbons (Fsp3) is 0. The van der Waals surface area contributed by atoms with Gasteiger partial charge in [0.25, 0.3) is 0 Å². The number of rotatable bonds is 4. The fourth-order valence-electron chi connectivity index (χ4n) is 3.82. The lowest BCUT2D eigenvalue weighted by molar-refractivity contribution is 1.09. The summed E-state index contributed by atoms with van der Waals surface area (Å²) >= 11 is 0. The average Bonchev–Trinajstić information content (AvgIpc) is 3.26. The van der Waals surface area contributed by atoms with Crippen molar-refractivity contribution in [1.82, 2.24) is 4.57 Å². The topological polar surface area (TPSA) is 4.93 Å². The maximum Gasteiger partial charge on any atom is 0.0535 e. The second-order valence-corrected chi connectivity index (χ2v) is 7.08. The molecule has 0 spiro atoms. The molecule has 1 nitrogen and oxygen atoms in total. The van der Waals surface area contributed by atoms with Gasteiger partial charge in [0, 0.05) is 5.69 Å². The zero-order chi connectivity index (χ0) is 19.5. The zero-order valence-electron chi connectivity index (χ0n) is 16.1. The smallest absolute Gasteiger partial charge is 0.0535 e. The van der Waals surface area contributed by atoms with E-state index in [1.165, 1.54) is 39.3 Å². The molecular weight excluding hydrogens is 350 g/mol. The van der Waals surface area contributed by atoms with Crippen LogP contribution in [0.15, 0.2) is 127 Å². The first-order valence-electron chi connectivity index (χ1n) is 9.88. The van der Waals surface area contributed by atoms with E-state index in [1.807, 2.05) is 0 Å². The first kappa shape index (κ1) is 17.3. The van der Waals surface area contributed by atoms with Gasteiger partial charge in [-0.05, 0) is 46.5 Å². The normalized spacial score (nSPS) is 10.8. The molecule has 0 N–H and O–H groups in total. The van der Waals surface area contributed by atoms with Gasteiger partial charge < -0.3 is 4.57 Å². The third kappa shape index (κ3) is 3.39. The van der Waals surface area contributed by atoms with Crippen molar-refractivity contribution in [2.24, 2.45) is 0 Å². The molecule has 0 aliphatic carbocycles. The largest absolute Gasteiger partial charge is 0.309 e. The summed E-state index contributed by atoms with van der Waals surface area (Å²) in [7, 11) is 0. The lowest BCUT2D eigenvalue weighted by atomic mass is 10.0. The minimum atomic E-state index is 1.17. The highest BCUT2D eigenvalue weighted by Crippen LogP contribution is 2.33. The van der Waals surface area contributed by atoms with Crippen LogP contribution in [0.3, 0.4) is 0 Å². The first-order chi connectivity index (χ1) is 14.4. The maximum atomic E-state index is 2.34. The number of nitrogens with zero attached hydrogens (tertiary/aromatic N) is 1. The van der Waals surface area contributed by atoms with Crippen molar-refractivity contribution in [3.8, 4) is 39.3 Å². The minimum Gasteiger partial charge on any atom is -0.309 e. The van der Waals surface area contributed by atoms with Gasteiger partial charge in [0.1, 0.15) is 0 Å². The lowest BCUT2D eigenvalue weighted by Gasteiger charge is -2.15. The Morgan fingerprint density at radius 1 is 0.310 bits per heavy atom. The molecule has 5 aromatic rings. The first-order valence-corrected chi connectivity index (χ1v) is 9.88. The Bertz CT molecular complexity index is 1200. The minimum absolute atomic E-state index is 1.17. The van der Waals surface area contributed by atoms with Crippen molar-refractivity contribution in [3.63, 3.8) is 0 Å². The van der Waals surface area contributed by atoms with Crippen LogP contribution in [-0.2, 0) is 0 Å². The van der Waals surface area contributed by atoms with Crippen LogP contribution in [-0.4, -0.2) is 4.57 Å². The van der Waals surface area contributed by atoms with Crippen LogP contribution in [0.25, 0.3) is 39.3 Å². The van der Waals surface area contributed by atoms with E-state index in [0.29, 0.717) is 0 Å². The average molecular weight is 371 g/mol. The Balaban J connectivity index is 1.63. The monoisotopic (exact) mass is 371 g/mol. The summed E-state index contributed by atoms with van der Waals surface area (Å²) in [5, 5.41) is 0. The molecule has 29 heavy (non-hydrogen) atoms. The Morgan fingerprint density at radius 3 is 1.24 bits per heavy atom. The molecule has 0 saturated heterocycles. The molecule has 138 valence electrons. The van der Waals surface area contributed by atoms with E-state index in [0.717, 1.165) is 0 Å². The van der Waals surface area contributed by atoms with Gasteiger partial charge in [0.2, 0.25) is 0 Å². The van der Waals surface area contributed by atoms with Crippen molar-refractivity contribution < 1.29 is 0 Å². The van der Waals surface area contributed by atoms with Gasteiger partial charge in [-0.15, -0.1) is 0 Å². The van der Waals surface area contributed by atoms with Gasteiger partial charge in [0.05, 0.1) is 11.4 Å². The van der Waals surface area contributed by atoms with Gasteiger partial charge in [-0.3, -0.25) is 0 Å². The molecule has 0 aliphatic rings. The second-order valence-electron chi connectivity index (χ2n) is 7.08. The van der Waals surface area contributed by atoms with Gasteiger partial charge in [0.15, 0.2) is 0 Å². The van der Waals surface area contributed by atoms with Crippen molar-refractivity contribution in [2.75, 3.05) is 0 Å². The number of hydrogen-bond donors (Lipinski definition) is 0. The number of aromatic nitrogens is 1. The van der Waals surface area contributed by atoms with E-state index in [2.05, 4.69) is 132 Å². The summed E-state index contributed by atoms with van der Waals surface area (Å²) in [5.41, 5.74) is 8.43.